The fourth-order valence-electron chi connectivity index (χ4n) is 8.53. The van der Waals surface area contributed by atoms with Crippen LogP contribution < -0.4 is 4.90 Å². The van der Waals surface area contributed by atoms with E-state index in [1.807, 2.05) is 0 Å². The van der Waals surface area contributed by atoms with E-state index >= 15 is 0 Å². The Bertz CT molecular complexity index is 3240. The van der Waals surface area contributed by atoms with E-state index in [-0.39, 0.29) is 0 Å². The van der Waals surface area contributed by atoms with Gasteiger partial charge in [0.1, 0.15) is 11.2 Å². The van der Waals surface area contributed by atoms with Crippen molar-refractivity contribution < 1.29 is 4.42 Å². The van der Waals surface area contributed by atoms with Gasteiger partial charge in [-0.05, 0) is 85.9 Å². The summed E-state index contributed by atoms with van der Waals surface area (Å²) in [5, 5.41) is 9.25. The minimum Gasteiger partial charge on any atom is -0.455 e. The average molecular weight is 714 g/mol. The Morgan fingerprint density at radius 2 is 0.929 bits per heavy atom. The van der Waals surface area contributed by atoms with Crippen LogP contribution in [0.5, 0.6) is 0 Å². The first-order valence-electron chi connectivity index (χ1n) is 19.2. The van der Waals surface area contributed by atoms with Crippen molar-refractivity contribution in [3.63, 3.8) is 0 Å². The summed E-state index contributed by atoms with van der Waals surface area (Å²) in [5.41, 5.74) is 12.2. The first kappa shape index (κ1) is 32.0. The molecule has 0 aliphatic rings. The lowest BCUT2D eigenvalue weighted by atomic mass is 9.95. The van der Waals surface area contributed by atoms with Gasteiger partial charge in [-0.15, -0.1) is 0 Å². The zero-order valence-electron chi connectivity index (χ0n) is 30.6. The summed E-state index contributed by atoms with van der Waals surface area (Å²) < 4.78 is 6.83. The molecular weight excluding hydrogens is 679 g/mol. The van der Waals surface area contributed by atoms with Crippen LogP contribution in [0, 0.1) is 0 Å². The minimum absolute atomic E-state index is 0.880. The highest BCUT2D eigenvalue weighted by molar-refractivity contribution is 6.23. The largest absolute Gasteiger partial charge is 0.455 e. The predicted molar refractivity (Wildman–Crippen MR) is 237 cm³/mol. The topological polar surface area (TPSA) is 16.4 Å². The van der Waals surface area contributed by atoms with Crippen molar-refractivity contribution in [1.82, 2.24) is 0 Å². The van der Waals surface area contributed by atoms with E-state index in [4.69, 9.17) is 4.42 Å². The molecule has 0 amide bonds. The van der Waals surface area contributed by atoms with Crippen LogP contribution in [0.3, 0.4) is 0 Å². The van der Waals surface area contributed by atoms with Gasteiger partial charge in [0.05, 0.1) is 11.4 Å². The molecule has 56 heavy (non-hydrogen) atoms. The van der Waals surface area contributed by atoms with Gasteiger partial charge in [-0.1, -0.05) is 176 Å². The molecule has 0 aliphatic carbocycles. The van der Waals surface area contributed by atoms with Crippen LogP contribution in [0.4, 0.5) is 17.1 Å². The Hall–Kier alpha value is -7.42. The molecule has 0 fully saturated rings. The molecule has 2 heteroatoms. The summed E-state index contributed by atoms with van der Waals surface area (Å²) in [5.74, 6) is 0. The van der Waals surface area contributed by atoms with Gasteiger partial charge in [0, 0.05) is 32.6 Å². The van der Waals surface area contributed by atoms with Gasteiger partial charge in [0.15, 0.2) is 0 Å². The first-order chi connectivity index (χ1) is 27.8. The second kappa shape index (κ2) is 13.2. The molecule has 0 aliphatic heterocycles. The van der Waals surface area contributed by atoms with Crippen molar-refractivity contribution >= 4 is 71.3 Å². The molecule has 1 heterocycles. The molecule has 0 radical (unpaired) electrons. The minimum atomic E-state index is 0.880. The standard InChI is InChI=1S/C54H35NO/c1-2-13-36(14-3-1)38-27-29-39(30-28-38)42-19-10-20-44(34-42)55(50-25-11-18-40-16-6-7-21-45(40)50)51-35-49-53-46(43-32-31-37-15-4-5-17-41(37)33-43)24-12-26-52(53)56-54(49)48-23-9-8-22-47(48)51/h1-35H. The van der Waals surface area contributed by atoms with E-state index in [0.717, 1.165) is 60.9 Å². The molecule has 0 bridgehead atoms. The van der Waals surface area contributed by atoms with Gasteiger partial charge >= 0.3 is 0 Å². The Morgan fingerprint density at radius 1 is 0.321 bits per heavy atom. The van der Waals surface area contributed by atoms with Gasteiger partial charge < -0.3 is 9.32 Å². The third-order valence-electron chi connectivity index (χ3n) is 11.2. The predicted octanol–water partition coefficient (Wildman–Crippen LogP) is 15.5. The molecule has 0 saturated heterocycles. The maximum Gasteiger partial charge on any atom is 0.143 e. The van der Waals surface area contributed by atoms with Crippen molar-refractivity contribution in [2.75, 3.05) is 4.90 Å². The number of rotatable bonds is 6. The Morgan fingerprint density at radius 3 is 1.77 bits per heavy atom. The smallest absolute Gasteiger partial charge is 0.143 e. The van der Waals surface area contributed by atoms with Gasteiger partial charge in [-0.3, -0.25) is 0 Å². The lowest BCUT2D eigenvalue weighted by Gasteiger charge is -2.29. The molecule has 0 saturated carbocycles. The zero-order chi connectivity index (χ0) is 37.0. The van der Waals surface area contributed by atoms with Crippen LogP contribution in [0.15, 0.2) is 217 Å². The van der Waals surface area contributed by atoms with Crippen molar-refractivity contribution in [3.8, 4) is 33.4 Å². The fraction of sp³-hybridized carbons (Fsp3) is 0. The van der Waals surface area contributed by atoms with E-state index in [2.05, 4.69) is 217 Å². The van der Waals surface area contributed by atoms with Crippen LogP contribution in [0.2, 0.25) is 0 Å². The number of benzene rings is 10. The molecule has 262 valence electrons. The highest BCUT2D eigenvalue weighted by Gasteiger charge is 2.23. The third kappa shape index (κ3) is 5.34. The highest BCUT2D eigenvalue weighted by atomic mass is 16.3. The zero-order valence-corrected chi connectivity index (χ0v) is 30.6. The van der Waals surface area contributed by atoms with Crippen molar-refractivity contribution in [3.05, 3.63) is 212 Å². The monoisotopic (exact) mass is 713 g/mol. The molecule has 1 aromatic heterocycles. The molecule has 0 N–H and O–H groups in total. The summed E-state index contributed by atoms with van der Waals surface area (Å²) in [4.78, 5) is 2.45. The molecule has 11 aromatic rings. The summed E-state index contributed by atoms with van der Waals surface area (Å²) in [7, 11) is 0. The van der Waals surface area contributed by atoms with E-state index in [1.54, 1.807) is 0 Å². The second-order valence-corrected chi connectivity index (χ2v) is 14.5. The second-order valence-electron chi connectivity index (χ2n) is 14.5. The fourth-order valence-corrected chi connectivity index (χ4v) is 8.53. The number of nitrogens with zero attached hydrogens (tertiary/aromatic N) is 1. The molecule has 11 rings (SSSR count). The summed E-state index contributed by atoms with van der Waals surface area (Å²) >= 11 is 0. The molecule has 2 nitrogen and oxygen atoms in total. The highest BCUT2D eigenvalue weighted by Crippen LogP contribution is 2.48. The summed E-state index contributed by atoms with van der Waals surface area (Å²) in [6.45, 7) is 0. The van der Waals surface area contributed by atoms with E-state index in [9.17, 15) is 0 Å². The lowest BCUT2D eigenvalue weighted by Crippen LogP contribution is -2.11. The van der Waals surface area contributed by atoms with Gasteiger partial charge in [0.2, 0.25) is 0 Å². The summed E-state index contributed by atoms with van der Waals surface area (Å²) in [6, 6.07) is 76.5. The van der Waals surface area contributed by atoms with Crippen molar-refractivity contribution in [2.45, 2.75) is 0 Å². The van der Waals surface area contributed by atoms with Gasteiger partial charge in [-0.25, -0.2) is 0 Å². The first-order valence-corrected chi connectivity index (χ1v) is 19.2. The molecule has 0 atom stereocenters. The van der Waals surface area contributed by atoms with Gasteiger partial charge in [0.25, 0.3) is 0 Å². The van der Waals surface area contributed by atoms with Crippen LogP contribution in [0.1, 0.15) is 0 Å². The van der Waals surface area contributed by atoms with E-state index in [0.29, 0.717) is 0 Å². The van der Waals surface area contributed by atoms with Gasteiger partial charge in [-0.2, -0.15) is 0 Å². The molecule has 0 unspecified atom stereocenters. The maximum absolute atomic E-state index is 6.83. The third-order valence-corrected chi connectivity index (χ3v) is 11.2. The SMILES string of the molecule is c1ccc(-c2ccc(-c3cccc(N(c4cccc5ccccc45)c4cc5c(oc6cccc(-c7ccc8ccccc8c7)c65)c5ccccc45)c3)cc2)cc1. The number of anilines is 3. The van der Waals surface area contributed by atoms with E-state index in [1.165, 1.54) is 43.8 Å². The maximum atomic E-state index is 6.83. The van der Waals surface area contributed by atoms with Crippen LogP contribution in [-0.2, 0) is 0 Å². The molecular formula is C54H35NO. The summed E-state index contributed by atoms with van der Waals surface area (Å²) in [6.07, 6.45) is 0. The Kier molecular flexibility index (Phi) is 7.53. The molecule has 0 spiro atoms. The molecule has 10 aromatic carbocycles. The number of furan rings is 1. The Balaban J connectivity index is 1.16. The normalized spacial score (nSPS) is 11.6. The van der Waals surface area contributed by atoms with Crippen molar-refractivity contribution in [1.29, 1.82) is 0 Å². The average Bonchev–Trinajstić information content (AvgIpc) is 3.66. The Labute approximate surface area is 325 Å². The number of hydrogen-bond donors (Lipinski definition) is 0. The number of fused-ring (bicyclic) bond motifs is 7. The lowest BCUT2D eigenvalue weighted by molar-refractivity contribution is 0.673. The van der Waals surface area contributed by atoms with E-state index < -0.39 is 0 Å². The van der Waals surface area contributed by atoms with Crippen LogP contribution in [-0.4, -0.2) is 0 Å². The van der Waals surface area contributed by atoms with Crippen LogP contribution in [0.25, 0.3) is 87.6 Å². The quantitative estimate of drug-likeness (QED) is 0.171. The number of hydrogen-bond acceptors (Lipinski definition) is 2. The van der Waals surface area contributed by atoms with Crippen LogP contribution >= 0.6 is 0 Å². The van der Waals surface area contributed by atoms with Crippen molar-refractivity contribution in [2.24, 2.45) is 0 Å².